The van der Waals surface area contributed by atoms with Gasteiger partial charge in [0.05, 0.1) is 11.4 Å². The maximum absolute atomic E-state index is 12.3. The smallest absolute Gasteiger partial charge is 0.242 e. The molecule has 1 aliphatic rings. The topological polar surface area (TPSA) is 91.1 Å². The van der Waals surface area contributed by atoms with Crippen LogP contribution in [0.5, 0.6) is 0 Å². The Hall–Kier alpha value is -1.09. The first-order valence-electron chi connectivity index (χ1n) is 5.67. The molecule has 6 nitrogen and oxygen atoms in total. The Labute approximate surface area is 115 Å². The molecule has 0 amide bonds. The fourth-order valence-electron chi connectivity index (χ4n) is 1.42. The molecule has 1 aromatic rings. The first-order chi connectivity index (χ1) is 8.86. The molecular formula is C11H15N3O3S2. The summed E-state index contributed by atoms with van der Waals surface area (Å²) in [6, 6.07) is 4.85. The standard InChI is InChI=1S/C11H15N3O3S2/c1-11(2,7-15)6-12-19(16,17)9-5-3-4-8-10(9)14-18-13-8/h3-5,12,15H,6-7H2,1-2H3. The van der Waals surface area contributed by atoms with Gasteiger partial charge in [0.2, 0.25) is 10.0 Å². The Bertz CT molecular complexity index is 662. The van der Waals surface area contributed by atoms with Gasteiger partial charge in [-0.1, -0.05) is 19.9 Å². The SMILES string of the molecule is CC(C)(CO)CNS(=O)(=O)c1cccc2c1N=S=N2. The molecule has 0 radical (unpaired) electrons. The minimum atomic E-state index is -3.66. The van der Waals surface area contributed by atoms with Crippen molar-refractivity contribution >= 4 is 32.8 Å². The first-order valence-corrected chi connectivity index (χ1v) is 7.89. The number of nitrogens with zero attached hydrogens (tertiary/aromatic N) is 2. The zero-order chi connectivity index (χ0) is 14.1. The van der Waals surface area contributed by atoms with Gasteiger partial charge in [-0.3, -0.25) is 0 Å². The van der Waals surface area contributed by atoms with Gasteiger partial charge >= 0.3 is 0 Å². The van der Waals surface area contributed by atoms with Crippen molar-refractivity contribution in [3.63, 3.8) is 0 Å². The number of aliphatic hydroxyl groups is 1. The Morgan fingerprint density at radius 1 is 1.37 bits per heavy atom. The molecule has 1 aromatic carbocycles. The van der Waals surface area contributed by atoms with E-state index in [0.717, 1.165) is 11.4 Å². The van der Waals surface area contributed by atoms with Gasteiger partial charge in [-0.15, -0.1) is 0 Å². The predicted molar refractivity (Wildman–Crippen MR) is 74.0 cm³/mol. The normalized spacial score (nSPS) is 14.3. The largest absolute Gasteiger partial charge is 0.396 e. The lowest BCUT2D eigenvalue weighted by Gasteiger charge is -2.21. The molecule has 0 saturated heterocycles. The third-order valence-corrected chi connectivity index (χ3v) is 4.68. The Kier molecular flexibility index (Phi) is 3.86. The van der Waals surface area contributed by atoms with E-state index in [1.165, 1.54) is 6.07 Å². The Balaban J connectivity index is 2.27. The molecule has 1 heterocycles. The maximum atomic E-state index is 12.3. The van der Waals surface area contributed by atoms with Crippen LogP contribution >= 0.6 is 0 Å². The lowest BCUT2D eigenvalue weighted by Crippen LogP contribution is -2.36. The van der Waals surface area contributed by atoms with E-state index in [9.17, 15) is 8.42 Å². The molecule has 104 valence electrons. The Morgan fingerprint density at radius 3 is 2.79 bits per heavy atom. The minimum Gasteiger partial charge on any atom is -0.396 e. The van der Waals surface area contributed by atoms with Gasteiger partial charge in [-0.05, 0) is 12.1 Å². The average Bonchev–Trinajstić information content (AvgIpc) is 2.84. The summed E-state index contributed by atoms with van der Waals surface area (Å²) in [5.41, 5.74) is 0.428. The molecule has 0 aromatic heterocycles. The number of hydrogen-bond donors (Lipinski definition) is 2. The fraction of sp³-hybridized carbons (Fsp3) is 0.455. The van der Waals surface area contributed by atoms with Gasteiger partial charge in [-0.2, -0.15) is 8.73 Å². The molecule has 19 heavy (non-hydrogen) atoms. The first kappa shape index (κ1) is 14.3. The van der Waals surface area contributed by atoms with Crippen LogP contribution in [0.1, 0.15) is 13.8 Å². The molecule has 0 unspecified atom stereocenters. The van der Waals surface area contributed by atoms with E-state index in [2.05, 4.69) is 13.4 Å². The van der Waals surface area contributed by atoms with Crippen LogP contribution in [0.3, 0.4) is 0 Å². The number of nitrogens with one attached hydrogen (secondary N) is 1. The summed E-state index contributed by atoms with van der Waals surface area (Å²) >= 11 is 0.979. The molecular weight excluding hydrogens is 286 g/mol. The molecule has 1 aliphatic heterocycles. The van der Waals surface area contributed by atoms with Crippen molar-refractivity contribution in [2.75, 3.05) is 13.2 Å². The zero-order valence-corrected chi connectivity index (χ0v) is 12.3. The molecule has 0 atom stereocenters. The number of hydrogen-bond acceptors (Lipinski definition) is 5. The van der Waals surface area contributed by atoms with Gasteiger partial charge in [-0.25, -0.2) is 13.1 Å². The van der Waals surface area contributed by atoms with Crippen LogP contribution in [-0.4, -0.2) is 26.7 Å². The third-order valence-electron chi connectivity index (χ3n) is 2.71. The van der Waals surface area contributed by atoms with Crippen molar-refractivity contribution in [1.82, 2.24) is 4.72 Å². The molecule has 0 spiro atoms. The average molecular weight is 301 g/mol. The highest BCUT2D eigenvalue weighted by molar-refractivity contribution is 7.89. The van der Waals surface area contributed by atoms with Crippen LogP contribution in [0.4, 0.5) is 11.4 Å². The van der Waals surface area contributed by atoms with Crippen molar-refractivity contribution in [3.05, 3.63) is 18.2 Å². The maximum Gasteiger partial charge on any atom is 0.242 e. The van der Waals surface area contributed by atoms with E-state index in [0.29, 0.717) is 11.4 Å². The highest BCUT2D eigenvalue weighted by Gasteiger charge is 2.25. The summed E-state index contributed by atoms with van der Waals surface area (Å²) in [6.07, 6.45) is 0. The van der Waals surface area contributed by atoms with E-state index in [4.69, 9.17) is 5.11 Å². The van der Waals surface area contributed by atoms with Gasteiger partial charge in [0.1, 0.15) is 16.3 Å². The number of rotatable bonds is 5. The fourth-order valence-corrected chi connectivity index (χ4v) is 3.43. The van der Waals surface area contributed by atoms with Crippen LogP contribution < -0.4 is 4.72 Å². The van der Waals surface area contributed by atoms with Gasteiger partial charge in [0, 0.05) is 18.6 Å². The summed E-state index contributed by atoms with van der Waals surface area (Å²) in [5.74, 6) is 0. The summed E-state index contributed by atoms with van der Waals surface area (Å²) in [6.45, 7) is 3.61. The molecule has 2 N–H and O–H groups in total. The van der Waals surface area contributed by atoms with Crippen LogP contribution in [-0.2, 0) is 21.4 Å². The molecule has 0 fully saturated rings. The second-order valence-corrected chi connectivity index (χ2v) is 7.30. The zero-order valence-electron chi connectivity index (χ0n) is 10.6. The predicted octanol–water partition coefficient (Wildman–Crippen LogP) is 1.71. The summed E-state index contributed by atoms with van der Waals surface area (Å²) in [4.78, 5) is 0.118. The quantitative estimate of drug-likeness (QED) is 0.880. The molecule has 0 saturated carbocycles. The van der Waals surface area contributed by atoms with E-state index in [-0.39, 0.29) is 18.0 Å². The lowest BCUT2D eigenvalue weighted by atomic mass is 9.96. The summed E-state index contributed by atoms with van der Waals surface area (Å²) in [5, 5.41) is 9.14. The van der Waals surface area contributed by atoms with Gasteiger partial charge < -0.3 is 5.11 Å². The number of aliphatic hydroxyl groups excluding tert-OH is 1. The van der Waals surface area contributed by atoms with Gasteiger partial charge in [0.15, 0.2) is 0 Å². The van der Waals surface area contributed by atoms with Crippen LogP contribution in [0.15, 0.2) is 31.8 Å². The van der Waals surface area contributed by atoms with Gasteiger partial charge in [0.25, 0.3) is 0 Å². The van der Waals surface area contributed by atoms with Crippen LogP contribution in [0.25, 0.3) is 0 Å². The Morgan fingerprint density at radius 2 is 2.11 bits per heavy atom. The highest BCUT2D eigenvalue weighted by Crippen LogP contribution is 2.37. The van der Waals surface area contributed by atoms with Crippen LogP contribution in [0, 0.1) is 5.41 Å². The molecule has 0 aliphatic carbocycles. The number of fused-ring (bicyclic) bond motifs is 1. The monoisotopic (exact) mass is 301 g/mol. The summed E-state index contributed by atoms with van der Waals surface area (Å²) in [7, 11) is -3.66. The van der Waals surface area contributed by atoms with Crippen LogP contribution in [0.2, 0.25) is 0 Å². The van der Waals surface area contributed by atoms with E-state index in [1.807, 2.05) is 0 Å². The van der Waals surface area contributed by atoms with Crippen molar-refractivity contribution in [2.45, 2.75) is 18.7 Å². The second-order valence-electron chi connectivity index (χ2n) is 5.03. The van der Waals surface area contributed by atoms with E-state index >= 15 is 0 Å². The molecule has 2 rings (SSSR count). The summed E-state index contributed by atoms with van der Waals surface area (Å²) < 4.78 is 35.0. The third kappa shape index (κ3) is 3.08. The van der Waals surface area contributed by atoms with Crippen molar-refractivity contribution in [3.8, 4) is 0 Å². The van der Waals surface area contributed by atoms with Crippen molar-refractivity contribution < 1.29 is 13.5 Å². The van der Waals surface area contributed by atoms with Crippen molar-refractivity contribution in [1.29, 1.82) is 0 Å². The number of benzene rings is 1. The number of sulfonamides is 1. The van der Waals surface area contributed by atoms with Crippen molar-refractivity contribution in [2.24, 2.45) is 14.1 Å². The second kappa shape index (κ2) is 5.12. The van der Waals surface area contributed by atoms with E-state index < -0.39 is 15.4 Å². The molecule has 8 heteroatoms. The molecule has 0 bridgehead atoms. The highest BCUT2D eigenvalue weighted by atomic mass is 32.2. The minimum absolute atomic E-state index is 0.0992. The van der Waals surface area contributed by atoms with E-state index in [1.54, 1.807) is 26.0 Å². The lowest BCUT2D eigenvalue weighted by molar-refractivity contribution is 0.163.